The van der Waals surface area contributed by atoms with Crippen LogP contribution in [0.25, 0.3) is 0 Å². The van der Waals surface area contributed by atoms with Crippen LogP contribution in [0.4, 0.5) is 20.7 Å². The summed E-state index contributed by atoms with van der Waals surface area (Å²) in [5.74, 6) is 0.732. The third kappa shape index (κ3) is 2.69. The van der Waals surface area contributed by atoms with Crippen LogP contribution in [0.3, 0.4) is 0 Å². The van der Waals surface area contributed by atoms with Crippen molar-refractivity contribution in [2.75, 3.05) is 43.5 Å². The van der Waals surface area contributed by atoms with Gasteiger partial charge in [0.1, 0.15) is 11.6 Å². The van der Waals surface area contributed by atoms with Crippen LogP contribution in [-0.4, -0.2) is 49.6 Å². The van der Waals surface area contributed by atoms with Crippen LogP contribution in [-0.2, 0) is 5.41 Å². The van der Waals surface area contributed by atoms with Crippen molar-refractivity contribution in [3.63, 3.8) is 0 Å². The molecule has 0 N–H and O–H groups in total. The summed E-state index contributed by atoms with van der Waals surface area (Å²) in [6.45, 7) is 2.30. The Labute approximate surface area is 153 Å². The first-order chi connectivity index (χ1) is 12.5. The molecule has 1 fully saturated rings. The summed E-state index contributed by atoms with van der Waals surface area (Å²) in [6, 6.07) is 10.7. The van der Waals surface area contributed by atoms with Crippen molar-refractivity contribution in [2.24, 2.45) is 0 Å². The Bertz CT molecular complexity index is 816. The van der Waals surface area contributed by atoms with Gasteiger partial charge in [0.25, 0.3) is 0 Å². The van der Waals surface area contributed by atoms with Crippen LogP contribution >= 0.6 is 0 Å². The Morgan fingerprint density at radius 3 is 2.62 bits per heavy atom. The number of anilines is 2. The van der Waals surface area contributed by atoms with Gasteiger partial charge in [-0.2, -0.15) is 0 Å². The maximum Gasteiger partial charge on any atom is 0.323 e. The molecule has 1 spiro atoms. The van der Waals surface area contributed by atoms with Crippen LogP contribution in [0, 0.1) is 5.82 Å². The van der Waals surface area contributed by atoms with Crippen LogP contribution < -0.4 is 9.80 Å². The molecule has 6 heteroatoms. The summed E-state index contributed by atoms with van der Waals surface area (Å²) < 4.78 is 14.0. The lowest BCUT2D eigenvalue weighted by Crippen LogP contribution is -2.47. The molecule has 26 heavy (non-hydrogen) atoms. The molecule has 2 aliphatic heterocycles. The standard InChI is InChI=1S/C20H23FN4O/c1-23(2)19(26)25-14-20(16-13-15(21)6-7-17(16)25)8-11-24(12-9-20)18-5-3-4-10-22-18/h3-7,10,13H,8-9,11-12,14H2,1-2H3. The van der Waals surface area contributed by atoms with Gasteiger partial charge < -0.3 is 9.80 Å². The fraction of sp³-hybridized carbons (Fsp3) is 0.400. The average molecular weight is 354 g/mol. The van der Waals surface area contributed by atoms with Gasteiger partial charge in [0, 0.05) is 51.0 Å². The summed E-state index contributed by atoms with van der Waals surface area (Å²) >= 11 is 0. The van der Waals surface area contributed by atoms with Crippen molar-refractivity contribution in [3.8, 4) is 0 Å². The highest BCUT2D eigenvalue weighted by Gasteiger charge is 2.47. The maximum absolute atomic E-state index is 14.0. The molecule has 0 radical (unpaired) electrons. The summed E-state index contributed by atoms with van der Waals surface area (Å²) in [5, 5.41) is 0. The summed E-state index contributed by atoms with van der Waals surface area (Å²) in [7, 11) is 3.50. The highest BCUT2D eigenvalue weighted by Crippen LogP contribution is 2.47. The SMILES string of the molecule is CN(C)C(=O)N1CC2(CCN(c3ccccn3)CC2)c2cc(F)ccc21. The van der Waals surface area contributed by atoms with E-state index in [0.29, 0.717) is 6.54 Å². The number of urea groups is 1. The van der Waals surface area contributed by atoms with E-state index >= 15 is 0 Å². The molecule has 2 aliphatic rings. The third-order valence-electron chi connectivity index (χ3n) is 5.59. The van der Waals surface area contributed by atoms with Crippen molar-refractivity contribution in [2.45, 2.75) is 18.3 Å². The molecule has 4 rings (SSSR count). The largest absolute Gasteiger partial charge is 0.357 e. The van der Waals surface area contributed by atoms with E-state index in [4.69, 9.17) is 0 Å². The lowest BCUT2D eigenvalue weighted by atomic mass is 9.74. The Balaban J connectivity index is 1.63. The molecular formula is C20H23FN4O. The highest BCUT2D eigenvalue weighted by atomic mass is 19.1. The Morgan fingerprint density at radius 1 is 1.19 bits per heavy atom. The molecule has 2 aromatic rings. The van der Waals surface area contributed by atoms with Gasteiger partial charge in [0.15, 0.2) is 0 Å². The van der Waals surface area contributed by atoms with Gasteiger partial charge in [0.2, 0.25) is 0 Å². The van der Waals surface area contributed by atoms with E-state index in [1.807, 2.05) is 18.2 Å². The molecule has 1 saturated heterocycles. The minimum absolute atomic E-state index is 0.0538. The molecule has 0 aliphatic carbocycles. The number of carbonyl (C=O) groups is 1. The number of carbonyl (C=O) groups excluding carboxylic acids is 1. The number of rotatable bonds is 1. The molecule has 136 valence electrons. The molecule has 0 bridgehead atoms. The number of halogens is 1. The number of pyridine rings is 1. The number of piperidine rings is 1. The average Bonchev–Trinajstić information content (AvgIpc) is 2.96. The Kier molecular flexibility index (Phi) is 4.05. The van der Waals surface area contributed by atoms with Gasteiger partial charge in [0.05, 0.1) is 0 Å². The van der Waals surface area contributed by atoms with Gasteiger partial charge in [-0.15, -0.1) is 0 Å². The first kappa shape index (κ1) is 16.8. The quantitative estimate of drug-likeness (QED) is 0.789. The summed E-state index contributed by atoms with van der Waals surface area (Å²) in [4.78, 5) is 22.7. The second-order valence-electron chi connectivity index (χ2n) is 7.38. The molecule has 0 atom stereocenters. The van der Waals surface area contributed by atoms with Gasteiger partial charge >= 0.3 is 6.03 Å². The lowest BCUT2D eigenvalue weighted by molar-refractivity contribution is 0.222. The first-order valence-electron chi connectivity index (χ1n) is 8.95. The van der Waals surface area contributed by atoms with Gasteiger partial charge in [-0.1, -0.05) is 6.07 Å². The number of benzene rings is 1. The summed E-state index contributed by atoms with van der Waals surface area (Å²) in [6.07, 6.45) is 3.55. The van der Waals surface area contributed by atoms with Crippen molar-refractivity contribution < 1.29 is 9.18 Å². The fourth-order valence-electron chi connectivity index (χ4n) is 4.19. The van der Waals surface area contributed by atoms with Crippen molar-refractivity contribution in [3.05, 3.63) is 54.0 Å². The van der Waals surface area contributed by atoms with Crippen molar-refractivity contribution in [1.82, 2.24) is 9.88 Å². The predicted octanol–water partition coefficient (Wildman–Crippen LogP) is 3.26. The molecule has 0 saturated carbocycles. The fourth-order valence-corrected chi connectivity index (χ4v) is 4.19. The zero-order valence-electron chi connectivity index (χ0n) is 15.2. The third-order valence-corrected chi connectivity index (χ3v) is 5.59. The molecule has 5 nitrogen and oxygen atoms in total. The summed E-state index contributed by atoms with van der Waals surface area (Å²) in [5.41, 5.74) is 1.62. The molecule has 1 aromatic carbocycles. The zero-order chi connectivity index (χ0) is 18.3. The molecule has 2 amide bonds. The van der Waals surface area contributed by atoms with E-state index in [0.717, 1.165) is 43.0 Å². The second kappa shape index (κ2) is 6.27. The van der Waals surface area contributed by atoms with E-state index in [1.54, 1.807) is 42.2 Å². The van der Waals surface area contributed by atoms with Crippen LogP contribution in [0.2, 0.25) is 0 Å². The van der Waals surface area contributed by atoms with Crippen LogP contribution in [0.15, 0.2) is 42.6 Å². The molecule has 3 heterocycles. The topological polar surface area (TPSA) is 39.7 Å². The number of hydrogen-bond donors (Lipinski definition) is 0. The van der Waals surface area contributed by atoms with Crippen molar-refractivity contribution >= 4 is 17.5 Å². The van der Waals surface area contributed by atoms with E-state index in [-0.39, 0.29) is 17.3 Å². The lowest BCUT2D eigenvalue weighted by Gasteiger charge is -2.40. The van der Waals surface area contributed by atoms with Crippen molar-refractivity contribution in [1.29, 1.82) is 0 Å². The van der Waals surface area contributed by atoms with Crippen LogP contribution in [0.1, 0.15) is 18.4 Å². The minimum Gasteiger partial charge on any atom is -0.357 e. The molecular weight excluding hydrogens is 331 g/mol. The van der Waals surface area contributed by atoms with E-state index in [1.165, 1.54) is 6.07 Å². The minimum atomic E-state index is -0.241. The number of amides is 2. The smallest absolute Gasteiger partial charge is 0.323 e. The maximum atomic E-state index is 14.0. The molecule has 1 aromatic heterocycles. The van der Waals surface area contributed by atoms with Gasteiger partial charge in [-0.25, -0.2) is 14.2 Å². The monoisotopic (exact) mass is 354 g/mol. The van der Waals surface area contributed by atoms with Gasteiger partial charge in [-0.3, -0.25) is 4.90 Å². The molecule has 0 unspecified atom stereocenters. The highest BCUT2D eigenvalue weighted by molar-refractivity contribution is 5.95. The number of aromatic nitrogens is 1. The number of hydrogen-bond acceptors (Lipinski definition) is 3. The van der Waals surface area contributed by atoms with E-state index < -0.39 is 0 Å². The van der Waals surface area contributed by atoms with Crippen LogP contribution in [0.5, 0.6) is 0 Å². The van der Waals surface area contributed by atoms with E-state index in [2.05, 4.69) is 9.88 Å². The number of nitrogens with zero attached hydrogens (tertiary/aromatic N) is 4. The first-order valence-corrected chi connectivity index (χ1v) is 8.95. The Hall–Kier alpha value is -2.63. The Morgan fingerprint density at radius 2 is 1.96 bits per heavy atom. The second-order valence-corrected chi connectivity index (χ2v) is 7.38. The predicted molar refractivity (Wildman–Crippen MR) is 100 cm³/mol. The van der Waals surface area contributed by atoms with E-state index in [9.17, 15) is 9.18 Å². The normalized spacial score (nSPS) is 18.1. The van der Waals surface area contributed by atoms with Gasteiger partial charge in [-0.05, 0) is 48.7 Å². The zero-order valence-corrected chi connectivity index (χ0v) is 15.2. The number of fused-ring (bicyclic) bond motifs is 2.